The molecule has 19 heavy (non-hydrogen) atoms. The second kappa shape index (κ2) is 8.37. The van der Waals surface area contributed by atoms with Crippen LogP contribution in [0.2, 0.25) is 0 Å². The van der Waals surface area contributed by atoms with Crippen molar-refractivity contribution < 1.29 is 0 Å². The van der Waals surface area contributed by atoms with Gasteiger partial charge in [0, 0.05) is 0 Å². The first-order valence-electron chi connectivity index (χ1n) is 7.73. The molecule has 0 amide bonds. The van der Waals surface area contributed by atoms with Crippen LogP contribution in [0.15, 0.2) is 24.3 Å². The van der Waals surface area contributed by atoms with Crippen LogP contribution in [0.5, 0.6) is 0 Å². The van der Waals surface area contributed by atoms with Crippen LogP contribution in [-0.4, -0.2) is 13.1 Å². The van der Waals surface area contributed by atoms with Gasteiger partial charge in [-0.15, -0.1) is 0 Å². The Bertz CT molecular complexity index is 354. The van der Waals surface area contributed by atoms with Crippen molar-refractivity contribution in [3.05, 3.63) is 35.4 Å². The van der Waals surface area contributed by atoms with Crippen LogP contribution in [0.4, 0.5) is 0 Å². The van der Waals surface area contributed by atoms with Crippen molar-refractivity contribution >= 4 is 0 Å². The molecule has 0 fully saturated rings. The molecule has 0 radical (unpaired) electrons. The summed E-state index contributed by atoms with van der Waals surface area (Å²) in [5.74, 6) is 2.26. The predicted octanol–water partition coefficient (Wildman–Crippen LogP) is 4.45. The van der Waals surface area contributed by atoms with Gasteiger partial charge in [0.2, 0.25) is 0 Å². The molecule has 108 valence electrons. The highest BCUT2D eigenvalue weighted by Gasteiger charge is 2.12. The van der Waals surface area contributed by atoms with Gasteiger partial charge in [0.1, 0.15) is 0 Å². The minimum absolute atomic E-state index is 0.735. The van der Waals surface area contributed by atoms with Crippen molar-refractivity contribution in [2.75, 3.05) is 13.1 Å². The smallest absolute Gasteiger partial charge is 0.00171 e. The third-order valence-electron chi connectivity index (χ3n) is 3.40. The Hall–Kier alpha value is -0.820. The quantitative estimate of drug-likeness (QED) is 0.729. The molecule has 1 heteroatoms. The van der Waals surface area contributed by atoms with Gasteiger partial charge in [0.05, 0.1) is 0 Å². The van der Waals surface area contributed by atoms with Crippen LogP contribution < -0.4 is 5.32 Å². The van der Waals surface area contributed by atoms with E-state index < -0.39 is 0 Å². The molecule has 0 aliphatic rings. The molecule has 0 aliphatic heterocycles. The Labute approximate surface area is 119 Å². The van der Waals surface area contributed by atoms with Crippen LogP contribution in [0, 0.1) is 24.7 Å². The molecule has 1 aromatic rings. The zero-order valence-electron chi connectivity index (χ0n) is 13.4. The maximum Gasteiger partial charge on any atom is -0.00171 e. The van der Waals surface area contributed by atoms with E-state index in [2.05, 4.69) is 64.2 Å². The summed E-state index contributed by atoms with van der Waals surface area (Å²) in [6.45, 7) is 13.6. The predicted molar refractivity (Wildman–Crippen MR) is 85.5 cm³/mol. The van der Waals surface area contributed by atoms with Gasteiger partial charge in [-0.2, -0.15) is 0 Å². The van der Waals surface area contributed by atoms with Crippen molar-refractivity contribution in [1.82, 2.24) is 5.32 Å². The summed E-state index contributed by atoms with van der Waals surface area (Å²) in [6, 6.07) is 8.95. The van der Waals surface area contributed by atoms with Crippen LogP contribution in [0.1, 0.15) is 45.2 Å². The average Bonchev–Trinajstić information content (AvgIpc) is 2.27. The van der Waals surface area contributed by atoms with E-state index in [1.807, 2.05) is 0 Å². The van der Waals surface area contributed by atoms with E-state index in [4.69, 9.17) is 0 Å². The number of aryl methyl sites for hydroxylation is 1. The van der Waals surface area contributed by atoms with Crippen molar-refractivity contribution in [2.45, 2.75) is 47.5 Å². The molecule has 1 rings (SSSR count). The lowest BCUT2D eigenvalue weighted by Gasteiger charge is -2.20. The zero-order chi connectivity index (χ0) is 14.3. The lowest BCUT2D eigenvalue weighted by atomic mass is 9.90. The molecular weight excluding hydrogens is 230 g/mol. The summed E-state index contributed by atoms with van der Waals surface area (Å²) in [5.41, 5.74) is 2.85. The SMILES string of the molecule is Cc1cccc(CC(CNCC(C)C)CC(C)C)c1. The zero-order valence-corrected chi connectivity index (χ0v) is 13.4. The number of hydrogen-bond donors (Lipinski definition) is 1. The Kier molecular flexibility index (Phi) is 7.15. The largest absolute Gasteiger partial charge is 0.316 e. The van der Waals surface area contributed by atoms with Gasteiger partial charge < -0.3 is 5.32 Å². The molecule has 1 unspecified atom stereocenters. The molecular formula is C18H31N. The van der Waals surface area contributed by atoms with Gasteiger partial charge in [-0.25, -0.2) is 0 Å². The van der Waals surface area contributed by atoms with E-state index in [1.165, 1.54) is 24.0 Å². The second-order valence-electron chi connectivity index (χ2n) is 6.74. The van der Waals surface area contributed by atoms with Crippen molar-refractivity contribution in [2.24, 2.45) is 17.8 Å². The van der Waals surface area contributed by atoms with Crippen LogP contribution in [-0.2, 0) is 6.42 Å². The Morgan fingerprint density at radius 3 is 2.32 bits per heavy atom. The molecule has 1 atom stereocenters. The first-order valence-corrected chi connectivity index (χ1v) is 7.73. The van der Waals surface area contributed by atoms with E-state index in [0.29, 0.717) is 0 Å². The standard InChI is InChI=1S/C18H31N/c1-14(2)9-18(13-19-12-15(3)4)11-17-8-6-7-16(5)10-17/h6-8,10,14-15,18-19H,9,11-13H2,1-5H3. The summed E-state index contributed by atoms with van der Waals surface area (Å²) >= 11 is 0. The van der Waals surface area contributed by atoms with Crippen molar-refractivity contribution in [3.8, 4) is 0 Å². The van der Waals surface area contributed by atoms with Gasteiger partial charge in [-0.1, -0.05) is 57.5 Å². The first kappa shape index (κ1) is 16.2. The lowest BCUT2D eigenvalue weighted by molar-refractivity contribution is 0.376. The highest BCUT2D eigenvalue weighted by atomic mass is 14.9. The third-order valence-corrected chi connectivity index (χ3v) is 3.40. The fourth-order valence-corrected chi connectivity index (χ4v) is 2.65. The maximum absolute atomic E-state index is 3.63. The summed E-state index contributed by atoms with van der Waals surface area (Å²) in [7, 11) is 0. The molecule has 0 bridgehead atoms. The summed E-state index contributed by atoms with van der Waals surface area (Å²) in [5, 5.41) is 3.63. The molecule has 1 nitrogen and oxygen atoms in total. The van der Waals surface area contributed by atoms with Crippen molar-refractivity contribution in [3.63, 3.8) is 0 Å². The molecule has 0 saturated heterocycles. The van der Waals surface area contributed by atoms with Gasteiger partial charge in [-0.3, -0.25) is 0 Å². The number of benzene rings is 1. The summed E-state index contributed by atoms with van der Waals surface area (Å²) in [4.78, 5) is 0. The topological polar surface area (TPSA) is 12.0 Å². The van der Waals surface area contributed by atoms with Crippen LogP contribution in [0.3, 0.4) is 0 Å². The Balaban J connectivity index is 2.53. The van der Waals surface area contributed by atoms with E-state index in [1.54, 1.807) is 0 Å². The molecule has 0 spiro atoms. The fraction of sp³-hybridized carbons (Fsp3) is 0.667. The van der Waals surface area contributed by atoms with Crippen LogP contribution in [0.25, 0.3) is 0 Å². The monoisotopic (exact) mass is 261 g/mol. The average molecular weight is 261 g/mol. The Morgan fingerprint density at radius 2 is 1.74 bits per heavy atom. The molecule has 1 N–H and O–H groups in total. The van der Waals surface area contributed by atoms with Gasteiger partial charge in [0.15, 0.2) is 0 Å². The third kappa shape index (κ3) is 7.37. The van der Waals surface area contributed by atoms with E-state index in [9.17, 15) is 0 Å². The molecule has 0 aromatic heterocycles. The highest BCUT2D eigenvalue weighted by molar-refractivity contribution is 5.22. The number of hydrogen-bond acceptors (Lipinski definition) is 1. The summed E-state index contributed by atoms with van der Waals surface area (Å²) < 4.78 is 0. The normalized spacial score (nSPS) is 13.2. The molecule has 0 aliphatic carbocycles. The lowest BCUT2D eigenvalue weighted by Crippen LogP contribution is -2.28. The van der Waals surface area contributed by atoms with E-state index in [0.717, 1.165) is 30.8 Å². The molecule has 1 aromatic carbocycles. The minimum Gasteiger partial charge on any atom is -0.316 e. The number of rotatable bonds is 8. The Morgan fingerprint density at radius 1 is 1.00 bits per heavy atom. The fourth-order valence-electron chi connectivity index (χ4n) is 2.65. The second-order valence-corrected chi connectivity index (χ2v) is 6.74. The van der Waals surface area contributed by atoms with E-state index in [-0.39, 0.29) is 0 Å². The minimum atomic E-state index is 0.735. The first-order chi connectivity index (χ1) is 8.97. The highest BCUT2D eigenvalue weighted by Crippen LogP contribution is 2.17. The van der Waals surface area contributed by atoms with Crippen LogP contribution >= 0.6 is 0 Å². The van der Waals surface area contributed by atoms with Gasteiger partial charge in [0.25, 0.3) is 0 Å². The van der Waals surface area contributed by atoms with Gasteiger partial charge >= 0.3 is 0 Å². The number of nitrogens with one attached hydrogen (secondary N) is 1. The van der Waals surface area contributed by atoms with Crippen molar-refractivity contribution in [1.29, 1.82) is 0 Å². The van der Waals surface area contributed by atoms with Gasteiger partial charge in [-0.05, 0) is 56.2 Å². The van der Waals surface area contributed by atoms with E-state index >= 15 is 0 Å². The molecule has 0 heterocycles. The summed E-state index contributed by atoms with van der Waals surface area (Å²) in [6.07, 6.45) is 2.50. The maximum atomic E-state index is 3.63. The molecule has 0 saturated carbocycles.